The molecule has 0 unspecified atom stereocenters. The molecule has 8 heteroatoms. The zero-order chi connectivity index (χ0) is 13.2. The van der Waals surface area contributed by atoms with Crippen molar-refractivity contribution in [1.82, 2.24) is 15.0 Å². The zero-order valence-corrected chi connectivity index (χ0v) is 10.2. The van der Waals surface area contributed by atoms with Crippen LogP contribution in [0.25, 0.3) is 0 Å². The summed E-state index contributed by atoms with van der Waals surface area (Å²) in [5.74, 6) is -1.09. The Kier molecular flexibility index (Phi) is 6.92. The Hall–Kier alpha value is -1.51. The molecule has 1 heterocycles. The van der Waals surface area contributed by atoms with Crippen LogP contribution in [0.1, 0.15) is 10.5 Å². The lowest BCUT2D eigenvalue weighted by Crippen LogP contribution is -2.12. The molecule has 0 aliphatic carbocycles. The molecular weight excluding hydrogens is 242 g/mol. The second-order valence-corrected chi connectivity index (χ2v) is 3.39. The van der Waals surface area contributed by atoms with E-state index >= 15 is 0 Å². The number of carboxylic acid groups (broad SMARTS) is 1. The van der Waals surface area contributed by atoms with Crippen molar-refractivity contribution in [2.45, 2.75) is 6.54 Å². The third kappa shape index (κ3) is 5.71. The second kappa shape index (κ2) is 8.56. The molecule has 0 aliphatic heterocycles. The van der Waals surface area contributed by atoms with Crippen LogP contribution in [-0.2, 0) is 20.8 Å². The number of carboxylic acids is 1. The minimum absolute atomic E-state index is 0.0714. The van der Waals surface area contributed by atoms with E-state index in [-0.39, 0.29) is 5.69 Å². The van der Waals surface area contributed by atoms with Crippen molar-refractivity contribution in [2.75, 3.05) is 40.1 Å². The van der Waals surface area contributed by atoms with E-state index in [1.165, 1.54) is 10.9 Å². The predicted octanol–water partition coefficient (Wildman–Crippen LogP) is -0.344. The lowest BCUT2D eigenvalue weighted by molar-refractivity contribution is 0.0224. The first-order valence-electron chi connectivity index (χ1n) is 5.52. The summed E-state index contributed by atoms with van der Waals surface area (Å²) in [4.78, 5) is 10.5. The lowest BCUT2D eigenvalue weighted by Gasteiger charge is -2.05. The molecule has 0 spiro atoms. The predicted molar refractivity (Wildman–Crippen MR) is 60.5 cm³/mol. The maximum absolute atomic E-state index is 10.5. The van der Waals surface area contributed by atoms with E-state index in [1.54, 1.807) is 7.11 Å². The average molecular weight is 259 g/mol. The van der Waals surface area contributed by atoms with Crippen molar-refractivity contribution in [3.63, 3.8) is 0 Å². The number of ether oxygens (including phenoxy) is 3. The maximum Gasteiger partial charge on any atom is 0.358 e. The molecule has 0 fully saturated rings. The SMILES string of the molecule is COCCOCCOCCn1cc(C(=O)O)nn1. The molecule has 102 valence electrons. The first kappa shape index (κ1) is 14.6. The maximum atomic E-state index is 10.5. The normalized spacial score (nSPS) is 10.7. The molecule has 18 heavy (non-hydrogen) atoms. The van der Waals surface area contributed by atoms with Gasteiger partial charge in [-0.2, -0.15) is 0 Å². The quantitative estimate of drug-likeness (QED) is 0.574. The number of aromatic carboxylic acids is 1. The van der Waals surface area contributed by atoms with Crippen LogP contribution in [0.15, 0.2) is 6.20 Å². The standard InChI is InChI=1S/C10H17N3O5/c1-16-4-5-18-7-6-17-3-2-13-8-9(10(14)15)11-12-13/h8H,2-7H2,1H3,(H,14,15). The van der Waals surface area contributed by atoms with Crippen molar-refractivity contribution in [3.05, 3.63) is 11.9 Å². The highest BCUT2D eigenvalue weighted by atomic mass is 16.5. The second-order valence-electron chi connectivity index (χ2n) is 3.39. The Morgan fingerprint density at radius 1 is 1.28 bits per heavy atom. The molecule has 1 aromatic rings. The van der Waals surface area contributed by atoms with E-state index in [1.807, 2.05) is 0 Å². The highest BCUT2D eigenvalue weighted by Crippen LogP contribution is 1.92. The van der Waals surface area contributed by atoms with Gasteiger partial charge in [0.2, 0.25) is 0 Å². The fourth-order valence-electron chi connectivity index (χ4n) is 1.13. The molecule has 0 aliphatic rings. The fourth-order valence-corrected chi connectivity index (χ4v) is 1.13. The number of hydrogen-bond acceptors (Lipinski definition) is 6. The van der Waals surface area contributed by atoms with Gasteiger partial charge in [0.1, 0.15) is 0 Å². The highest BCUT2D eigenvalue weighted by Gasteiger charge is 2.07. The number of carbonyl (C=O) groups is 1. The van der Waals surface area contributed by atoms with Crippen LogP contribution in [0.5, 0.6) is 0 Å². The van der Waals surface area contributed by atoms with Gasteiger partial charge in [0.25, 0.3) is 0 Å². The zero-order valence-electron chi connectivity index (χ0n) is 10.2. The number of methoxy groups -OCH3 is 1. The summed E-state index contributed by atoms with van der Waals surface area (Å²) in [6, 6.07) is 0. The molecule has 0 saturated heterocycles. The molecule has 0 atom stereocenters. The van der Waals surface area contributed by atoms with Gasteiger partial charge in [-0.1, -0.05) is 5.21 Å². The first-order valence-corrected chi connectivity index (χ1v) is 5.52. The third-order valence-electron chi connectivity index (χ3n) is 2.03. The van der Waals surface area contributed by atoms with Gasteiger partial charge in [0, 0.05) is 7.11 Å². The van der Waals surface area contributed by atoms with Gasteiger partial charge < -0.3 is 19.3 Å². The van der Waals surface area contributed by atoms with Gasteiger partial charge in [-0.25, -0.2) is 9.48 Å². The summed E-state index contributed by atoms with van der Waals surface area (Å²) >= 11 is 0. The number of hydrogen-bond donors (Lipinski definition) is 1. The van der Waals surface area contributed by atoms with Gasteiger partial charge >= 0.3 is 5.97 Å². The van der Waals surface area contributed by atoms with E-state index in [4.69, 9.17) is 19.3 Å². The van der Waals surface area contributed by atoms with E-state index in [9.17, 15) is 4.79 Å². The molecule has 1 aromatic heterocycles. The molecular formula is C10H17N3O5. The monoisotopic (exact) mass is 259 g/mol. The van der Waals surface area contributed by atoms with Gasteiger partial charge in [-0.3, -0.25) is 0 Å². The van der Waals surface area contributed by atoms with Crippen LogP contribution in [0.2, 0.25) is 0 Å². The topological polar surface area (TPSA) is 95.7 Å². The van der Waals surface area contributed by atoms with Crippen LogP contribution in [0, 0.1) is 0 Å². The summed E-state index contributed by atoms with van der Waals surface area (Å²) in [6.45, 7) is 2.97. The summed E-state index contributed by atoms with van der Waals surface area (Å²) in [6.07, 6.45) is 1.36. The molecule has 0 amide bonds. The number of aromatic nitrogens is 3. The van der Waals surface area contributed by atoms with Crippen LogP contribution < -0.4 is 0 Å². The number of rotatable bonds is 10. The molecule has 0 aromatic carbocycles. The van der Waals surface area contributed by atoms with Crippen molar-refractivity contribution in [1.29, 1.82) is 0 Å². The lowest BCUT2D eigenvalue weighted by atomic mass is 10.5. The van der Waals surface area contributed by atoms with E-state index < -0.39 is 5.97 Å². The molecule has 1 N–H and O–H groups in total. The van der Waals surface area contributed by atoms with Gasteiger partial charge in [0.15, 0.2) is 5.69 Å². The Bertz CT molecular complexity index is 355. The Morgan fingerprint density at radius 2 is 1.94 bits per heavy atom. The van der Waals surface area contributed by atoms with Crippen LogP contribution in [-0.4, -0.2) is 66.2 Å². The minimum atomic E-state index is -1.09. The Labute approximate surface area is 104 Å². The first-order chi connectivity index (χ1) is 8.74. The van der Waals surface area contributed by atoms with Gasteiger partial charge in [-0.05, 0) is 0 Å². The molecule has 1 rings (SSSR count). The van der Waals surface area contributed by atoms with Crippen molar-refractivity contribution in [2.24, 2.45) is 0 Å². The Morgan fingerprint density at radius 3 is 2.56 bits per heavy atom. The molecule has 0 radical (unpaired) electrons. The Balaban J connectivity index is 2.02. The summed E-state index contributed by atoms with van der Waals surface area (Å²) in [5, 5.41) is 15.8. The van der Waals surface area contributed by atoms with E-state index in [2.05, 4.69) is 10.3 Å². The fraction of sp³-hybridized carbons (Fsp3) is 0.700. The van der Waals surface area contributed by atoms with Crippen LogP contribution in [0.3, 0.4) is 0 Å². The summed E-state index contributed by atoms with van der Waals surface area (Å²) in [5.41, 5.74) is -0.0714. The van der Waals surface area contributed by atoms with Crippen molar-refractivity contribution < 1.29 is 24.1 Å². The van der Waals surface area contributed by atoms with Crippen LogP contribution >= 0.6 is 0 Å². The molecule has 8 nitrogen and oxygen atoms in total. The number of nitrogens with zero attached hydrogens (tertiary/aromatic N) is 3. The van der Waals surface area contributed by atoms with E-state index in [0.29, 0.717) is 39.6 Å². The third-order valence-corrected chi connectivity index (χ3v) is 2.03. The van der Waals surface area contributed by atoms with Gasteiger partial charge in [0.05, 0.1) is 45.8 Å². The average Bonchev–Trinajstić information content (AvgIpc) is 2.81. The minimum Gasteiger partial charge on any atom is -0.476 e. The summed E-state index contributed by atoms with van der Waals surface area (Å²) < 4.78 is 16.7. The van der Waals surface area contributed by atoms with Crippen LogP contribution in [0.4, 0.5) is 0 Å². The van der Waals surface area contributed by atoms with Gasteiger partial charge in [-0.15, -0.1) is 5.10 Å². The smallest absolute Gasteiger partial charge is 0.358 e. The molecule has 0 saturated carbocycles. The largest absolute Gasteiger partial charge is 0.476 e. The summed E-state index contributed by atoms with van der Waals surface area (Å²) in [7, 11) is 1.61. The van der Waals surface area contributed by atoms with Crippen molar-refractivity contribution in [3.8, 4) is 0 Å². The van der Waals surface area contributed by atoms with Crippen molar-refractivity contribution >= 4 is 5.97 Å². The highest BCUT2D eigenvalue weighted by molar-refractivity contribution is 5.84. The molecule has 0 bridgehead atoms. The van der Waals surface area contributed by atoms with E-state index in [0.717, 1.165) is 0 Å².